The van der Waals surface area contributed by atoms with E-state index in [1.54, 1.807) is 6.92 Å². The van der Waals surface area contributed by atoms with Gasteiger partial charge in [-0.05, 0) is 44.4 Å². The molecule has 0 bridgehead atoms. The number of carboxylic acids is 1. The first-order valence-corrected chi connectivity index (χ1v) is 8.07. The molecule has 1 N–H and O–H groups in total. The highest BCUT2D eigenvalue weighted by Crippen LogP contribution is 2.44. The lowest BCUT2D eigenvalue weighted by Gasteiger charge is -2.23. The molecule has 2 aliphatic carbocycles. The molecule has 6 nitrogen and oxygen atoms in total. The average Bonchev–Trinajstić information content (AvgIpc) is 2.92. The van der Waals surface area contributed by atoms with Crippen LogP contribution < -0.4 is 0 Å². The van der Waals surface area contributed by atoms with E-state index in [0.29, 0.717) is 30.0 Å². The van der Waals surface area contributed by atoms with E-state index in [1.165, 1.54) is 4.90 Å². The Morgan fingerprint density at radius 1 is 1.27 bits per heavy atom. The van der Waals surface area contributed by atoms with Gasteiger partial charge in [0, 0.05) is 12.5 Å². The van der Waals surface area contributed by atoms with Crippen molar-refractivity contribution in [3.8, 4) is 0 Å². The van der Waals surface area contributed by atoms with E-state index in [4.69, 9.17) is 4.42 Å². The van der Waals surface area contributed by atoms with Crippen molar-refractivity contribution in [2.24, 2.45) is 11.8 Å². The second-order valence-corrected chi connectivity index (χ2v) is 6.84. The normalized spacial score (nSPS) is 30.6. The van der Waals surface area contributed by atoms with E-state index in [-0.39, 0.29) is 17.6 Å². The molecule has 1 aromatic rings. The van der Waals surface area contributed by atoms with Crippen LogP contribution in [-0.4, -0.2) is 39.5 Å². The molecule has 0 unspecified atom stereocenters. The number of carbonyl (C=O) groups excluding carboxylic acids is 1. The predicted octanol–water partition coefficient (Wildman–Crippen LogP) is 2.19. The number of hydrogen-bond acceptors (Lipinski definition) is 4. The molecule has 3 atom stereocenters. The Morgan fingerprint density at radius 2 is 2.05 bits per heavy atom. The number of amides is 1. The molecule has 1 aromatic heterocycles. The van der Waals surface area contributed by atoms with Gasteiger partial charge in [0.25, 0.3) is 5.91 Å². The van der Waals surface area contributed by atoms with Gasteiger partial charge in [0.15, 0.2) is 5.89 Å². The molecule has 2 saturated carbocycles. The molecule has 22 heavy (non-hydrogen) atoms. The van der Waals surface area contributed by atoms with E-state index < -0.39 is 12.0 Å². The minimum atomic E-state index is -0.901. The summed E-state index contributed by atoms with van der Waals surface area (Å²) in [5.74, 6) is 0.401. The Morgan fingerprint density at radius 3 is 2.73 bits per heavy atom. The number of carbonyl (C=O) groups is 2. The molecule has 3 fully saturated rings. The van der Waals surface area contributed by atoms with Crippen LogP contribution in [0.2, 0.25) is 0 Å². The van der Waals surface area contributed by atoms with Crippen LogP contribution in [0, 0.1) is 18.8 Å². The molecular weight excluding hydrogens is 284 g/mol. The van der Waals surface area contributed by atoms with Crippen molar-refractivity contribution in [2.45, 2.75) is 51.0 Å². The average molecular weight is 304 g/mol. The molecule has 4 rings (SSSR count). The molecule has 0 radical (unpaired) electrons. The van der Waals surface area contributed by atoms with Gasteiger partial charge in [-0.15, -0.1) is 0 Å². The maximum Gasteiger partial charge on any atom is 0.326 e. The van der Waals surface area contributed by atoms with E-state index in [2.05, 4.69) is 4.98 Å². The first kappa shape index (κ1) is 13.8. The van der Waals surface area contributed by atoms with Gasteiger partial charge in [-0.3, -0.25) is 4.79 Å². The first-order valence-electron chi connectivity index (χ1n) is 8.07. The van der Waals surface area contributed by atoms with Crippen LogP contribution in [0.15, 0.2) is 4.42 Å². The van der Waals surface area contributed by atoms with Crippen LogP contribution in [0.4, 0.5) is 0 Å². The number of oxazole rings is 1. The van der Waals surface area contributed by atoms with Crippen molar-refractivity contribution >= 4 is 11.9 Å². The van der Waals surface area contributed by atoms with Gasteiger partial charge in [0.1, 0.15) is 6.04 Å². The zero-order valence-corrected chi connectivity index (χ0v) is 12.6. The first-order chi connectivity index (χ1) is 10.6. The third-order valence-electron chi connectivity index (χ3n) is 5.34. The Hall–Kier alpha value is -1.85. The molecule has 118 valence electrons. The van der Waals surface area contributed by atoms with Crippen molar-refractivity contribution in [3.05, 3.63) is 17.3 Å². The maximum absolute atomic E-state index is 12.8. The van der Waals surface area contributed by atoms with Crippen LogP contribution in [0.1, 0.15) is 60.2 Å². The van der Waals surface area contributed by atoms with Crippen molar-refractivity contribution in [2.75, 3.05) is 6.54 Å². The lowest BCUT2D eigenvalue weighted by Crippen LogP contribution is -2.43. The smallest absolute Gasteiger partial charge is 0.326 e. The van der Waals surface area contributed by atoms with Crippen molar-refractivity contribution in [1.29, 1.82) is 0 Å². The maximum atomic E-state index is 12.8. The van der Waals surface area contributed by atoms with Gasteiger partial charge in [-0.1, -0.05) is 6.42 Å². The summed E-state index contributed by atoms with van der Waals surface area (Å²) in [6.07, 6.45) is 5.09. The second-order valence-electron chi connectivity index (χ2n) is 6.84. The molecular formula is C16H20N2O4. The number of fused-ring (bicyclic) bond motifs is 1. The summed E-state index contributed by atoms with van der Waals surface area (Å²) in [5.41, 5.74) is 0.577. The fraction of sp³-hybridized carbons (Fsp3) is 0.688. The van der Waals surface area contributed by atoms with Gasteiger partial charge in [0.2, 0.25) is 5.76 Å². The van der Waals surface area contributed by atoms with E-state index in [0.717, 1.165) is 32.1 Å². The Balaban J connectivity index is 1.62. The van der Waals surface area contributed by atoms with Crippen LogP contribution in [0.25, 0.3) is 0 Å². The summed E-state index contributed by atoms with van der Waals surface area (Å²) in [6, 6.07) is -0.714. The zero-order chi connectivity index (χ0) is 15.4. The largest absolute Gasteiger partial charge is 0.480 e. The van der Waals surface area contributed by atoms with Gasteiger partial charge >= 0.3 is 5.97 Å². The van der Waals surface area contributed by atoms with E-state index in [1.807, 2.05) is 0 Å². The molecule has 1 saturated heterocycles. The number of aryl methyl sites for hydroxylation is 1. The van der Waals surface area contributed by atoms with Gasteiger partial charge in [-0.2, -0.15) is 0 Å². The minimum Gasteiger partial charge on any atom is -0.480 e. The number of nitrogens with zero attached hydrogens (tertiary/aromatic N) is 2. The quantitative estimate of drug-likeness (QED) is 0.925. The fourth-order valence-corrected chi connectivity index (χ4v) is 4.08. The van der Waals surface area contributed by atoms with Crippen molar-refractivity contribution in [1.82, 2.24) is 9.88 Å². The second kappa shape index (κ2) is 4.83. The summed E-state index contributed by atoms with van der Waals surface area (Å²) >= 11 is 0. The summed E-state index contributed by atoms with van der Waals surface area (Å²) in [4.78, 5) is 30.3. The number of aromatic nitrogens is 1. The molecule has 3 aliphatic rings. The highest BCUT2D eigenvalue weighted by atomic mass is 16.4. The molecule has 0 spiro atoms. The monoisotopic (exact) mass is 304 g/mol. The molecule has 2 heterocycles. The molecule has 1 aliphatic heterocycles. The van der Waals surface area contributed by atoms with Crippen molar-refractivity contribution < 1.29 is 19.1 Å². The molecule has 0 aromatic carbocycles. The minimum absolute atomic E-state index is 0.0904. The van der Waals surface area contributed by atoms with Crippen LogP contribution in [0.3, 0.4) is 0 Å². The fourth-order valence-electron chi connectivity index (χ4n) is 4.08. The Bertz CT molecular complexity index is 634. The zero-order valence-electron chi connectivity index (χ0n) is 12.6. The van der Waals surface area contributed by atoms with Gasteiger partial charge in [-0.25, -0.2) is 9.78 Å². The van der Waals surface area contributed by atoms with Crippen LogP contribution in [-0.2, 0) is 4.79 Å². The number of aliphatic carboxylic acids is 1. The van der Waals surface area contributed by atoms with Crippen LogP contribution >= 0.6 is 0 Å². The number of carboxylic acid groups (broad SMARTS) is 1. The summed E-state index contributed by atoms with van der Waals surface area (Å²) in [6.45, 7) is 2.29. The topological polar surface area (TPSA) is 83.6 Å². The highest BCUT2D eigenvalue weighted by molar-refractivity contribution is 5.95. The summed E-state index contributed by atoms with van der Waals surface area (Å²) in [7, 11) is 0. The SMILES string of the molecule is Cc1nc(C2CC2)oc1C(=O)N1C[C@@H]2CCC[C@@H]2[C@H]1C(=O)O. The third-order valence-corrected chi connectivity index (χ3v) is 5.34. The Labute approximate surface area is 128 Å². The number of likely N-dealkylation sites (tertiary alicyclic amines) is 1. The lowest BCUT2D eigenvalue weighted by atomic mass is 9.94. The van der Waals surface area contributed by atoms with Crippen LogP contribution in [0.5, 0.6) is 0 Å². The van der Waals surface area contributed by atoms with Gasteiger partial charge < -0.3 is 14.4 Å². The predicted molar refractivity (Wildman–Crippen MR) is 76.5 cm³/mol. The standard InChI is InChI=1S/C16H20N2O4/c1-8-13(22-14(17-8)9-5-6-9)15(19)18-7-10-3-2-4-11(10)12(18)16(20)21/h9-12H,2-7H2,1H3,(H,20,21)/t10-,11-,12-/m0/s1. The highest BCUT2D eigenvalue weighted by Gasteiger charge is 2.50. The molecule has 1 amide bonds. The third kappa shape index (κ3) is 2.04. The lowest BCUT2D eigenvalue weighted by molar-refractivity contribution is -0.142. The summed E-state index contributed by atoms with van der Waals surface area (Å²) < 4.78 is 5.67. The van der Waals surface area contributed by atoms with E-state index >= 15 is 0 Å². The number of rotatable bonds is 3. The van der Waals surface area contributed by atoms with Crippen molar-refractivity contribution in [3.63, 3.8) is 0 Å². The van der Waals surface area contributed by atoms with E-state index in [9.17, 15) is 14.7 Å². The number of hydrogen-bond donors (Lipinski definition) is 1. The Kier molecular flexibility index (Phi) is 3.03. The summed E-state index contributed by atoms with van der Waals surface area (Å²) in [5, 5.41) is 9.56. The molecule has 6 heteroatoms. The van der Waals surface area contributed by atoms with Gasteiger partial charge in [0.05, 0.1) is 5.69 Å².